The SMILES string of the molecule is N#Cc1c(-c2ccccc2)nc(NN=Cc2ccccc2OCC(=O)O)[nH]c1=O. The fraction of sp³-hybridized carbons (Fsp3) is 0.0500. The Hall–Kier alpha value is -4.45. The first-order chi connectivity index (χ1) is 14.1. The molecule has 1 heterocycles. The van der Waals surface area contributed by atoms with Gasteiger partial charge in [0.05, 0.1) is 11.9 Å². The van der Waals surface area contributed by atoms with Crippen molar-refractivity contribution in [2.45, 2.75) is 0 Å². The number of rotatable bonds is 7. The van der Waals surface area contributed by atoms with Crippen LogP contribution in [0.4, 0.5) is 5.95 Å². The van der Waals surface area contributed by atoms with Gasteiger partial charge in [-0.3, -0.25) is 9.78 Å². The van der Waals surface area contributed by atoms with Crippen LogP contribution in [0, 0.1) is 11.3 Å². The van der Waals surface area contributed by atoms with Crippen molar-refractivity contribution in [1.29, 1.82) is 5.26 Å². The Kier molecular flexibility index (Phi) is 5.97. The first kappa shape index (κ1) is 19.3. The lowest BCUT2D eigenvalue weighted by atomic mass is 10.1. The number of nitrogens with zero attached hydrogens (tertiary/aromatic N) is 3. The molecule has 29 heavy (non-hydrogen) atoms. The van der Waals surface area contributed by atoms with Crippen LogP contribution in [-0.4, -0.2) is 33.9 Å². The zero-order valence-corrected chi connectivity index (χ0v) is 15.0. The van der Waals surface area contributed by atoms with E-state index in [0.717, 1.165) is 0 Å². The maximum atomic E-state index is 12.2. The normalized spacial score (nSPS) is 10.4. The number of nitriles is 1. The van der Waals surface area contributed by atoms with Crippen LogP contribution in [0.1, 0.15) is 11.1 Å². The van der Waals surface area contributed by atoms with Crippen molar-refractivity contribution in [3.63, 3.8) is 0 Å². The quantitative estimate of drug-likeness (QED) is 0.416. The highest BCUT2D eigenvalue weighted by atomic mass is 16.5. The van der Waals surface area contributed by atoms with Crippen LogP contribution in [0.3, 0.4) is 0 Å². The van der Waals surface area contributed by atoms with Crippen molar-refractivity contribution in [1.82, 2.24) is 9.97 Å². The molecule has 9 nitrogen and oxygen atoms in total. The number of aromatic nitrogens is 2. The number of carbonyl (C=O) groups is 1. The van der Waals surface area contributed by atoms with Crippen LogP contribution in [0.25, 0.3) is 11.3 Å². The number of para-hydroxylation sites is 1. The number of ether oxygens (including phenoxy) is 1. The molecule has 0 saturated heterocycles. The minimum atomic E-state index is -1.09. The largest absolute Gasteiger partial charge is 0.481 e. The lowest BCUT2D eigenvalue weighted by molar-refractivity contribution is -0.139. The van der Waals surface area contributed by atoms with Crippen LogP contribution < -0.4 is 15.7 Å². The number of nitrogens with one attached hydrogen (secondary N) is 2. The third-order valence-corrected chi connectivity index (χ3v) is 3.72. The molecule has 0 spiro atoms. The monoisotopic (exact) mass is 389 g/mol. The molecular formula is C20H15N5O4. The van der Waals surface area contributed by atoms with E-state index in [1.54, 1.807) is 48.5 Å². The predicted octanol–water partition coefficient (Wildman–Crippen LogP) is 2.22. The molecule has 0 unspecified atom stereocenters. The first-order valence-electron chi connectivity index (χ1n) is 8.41. The highest BCUT2D eigenvalue weighted by Crippen LogP contribution is 2.19. The summed E-state index contributed by atoms with van der Waals surface area (Å²) in [6.07, 6.45) is 1.40. The summed E-state index contributed by atoms with van der Waals surface area (Å²) in [6, 6.07) is 17.5. The maximum absolute atomic E-state index is 12.2. The fourth-order valence-electron chi connectivity index (χ4n) is 2.46. The number of carboxylic acids is 1. The topological polar surface area (TPSA) is 140 Å². The van der Waals surface area contributed by atoms with Crippen molar-refractivity contribution in [2.24, 2.45) is 5.10 Å². The minimum absolute atomic E-state index is 0.0491. The van der Waals surface area contributed by atoms with Gasteiger partial charge in [-0.15, -0.1) is 0 Å². The average Bonchev–Trinajstić information content (AvgIpc) is 2.73. The molecule has 0 aliphatic rings. The van der Waals surface area contributed by atoms with Gasteiger partial charge in [-0.05, 0) is 12.1 Å². The number of anilines is 1. The second-order valence-corrected chi connectivity index (χ2v) is 5.71. The summed E-state index contributed by atoms with van der Waals surface area (Å²) in [5.41, 5.74) is 3.30. The predicted molar refractivity (Wildman–Crippen MR) is 106 cm³/mol. The fourth-order valence-corrected chi connectivity index (χ4v) is 2.46. The molecular weight excluding hydrogens is 374 g/mol. The van der Waals surface area contributed by atoms with E-state index in [2.05, 4.69) is 20.5 Å². The molecule has 0 bridgehead atoms. The van der Waals surface area contributed by atoms with Crippen molar-refractivity contribution in [3.8, 4) is 23.1 Å². The molecule has 0 amide bonds. The average molecular weight is 389 g/mol. The van der Waals surface area contributed by atoms with Crippen molar-refractivity contribution < 1.29 is 14.6 Å². The Bertz CT molecular complexity index is 1150. The molecule has 144 valence electrons. The number of carboxylic acid groups (broad SMARTS) is 1. The Morgan fingerprint density at radius 1 is 1.24 bits per heavy atom. The van der Waals surface area contributed by atoms with E-state index in [-0.39, 0.29) is 17.2 Å². The van der Waals surface area contributed by atoms with Crippen LogP contribution in [-0.2, 0) is 4.79 Å². The molecule has 0 radical (unpaired) electrons. The minimum Gasteiger partial charge on any atom is -0.481 e. The number of aromatic amines is 1. The highest BCUT2D eigenvalue weighted by Gasteiger charge is 2.12. The van der Waals surface area contributed by atoms with Gasteiger partial charge in [-0.2, -0.15) is 10.4 Å². The molecule has 0 saturated carbocycles. The Labute approximate surface area is 164 Å². The van der Waals surface area contributed by atoms with Gasteiger partial charge < -0.3 is 9.84 Å². The Morgan fingerprint density at radius 3 is 2.69 bits per heavy atom. The number of benzene rings is 2. The van der Waals surface area contributed by atoms with E-state index in [0.29, 0.717) is 16.9 Å². The van der Waals surface area contributed by atoms with Crippen molar-refractivity contribution >= 4 is 18.1 Å². The highest BCUT2D eigenvalue weighted by molar-refractivity contribution is 5.84. The number of H-pyrrole nitrogens is 1. The molecule has 3 aromatic rings. The van der Waals surface area contributed by atoms with Gasteiger partial charge in [-0.1, -0.05) is 42.5 Å². The van der Waals surface area contributed by atoms with E-state index in [9.17, 15) is 14.9 Å². The lowest BCUT2D eigenvalue weighted by Gasteiger charge is -2.07. The third kappa shape index (κ3) is 4.84. The molecule has 3 N–H and O–H groups in total. The van der Waals surface area contributed by atoms with Crippen LogP contribution in [0.5, 0.6) is 5.75 Å². The van der Waals surface area contributed by atoms with Crippen molar-refractivity contribution in [2.75, 3.05) is 12.0 Å². The van der Waals surface area contributed by atoms with Gasteiger partial charge >= 0.3 is 5.97 Å². The van der Waals surface area contributed by atoms with E-state index in [1.807, 2.05) is 12.1 Å². The van der Waals surface area contributed by atoms with E-state index >= 15 is 0 Å². The first-order valence-corrected chi connectivity index (χ1v) is 8.41. The third-order valence-electron chi connectivity index (χ3n) is 3.72. The number of aliphatic carboxylic acids is 1. The molecule has 0 aliphatic carbocycles. The summed E-state index contributed by atoms with van der Waals surface area (Å²) in [4.78, 5) is 29.6. The number of hydrogen-bond donors (Lipinski definition) is 3. The summed E-state index contributed by atoms with van der Waals surface area (Å²) in [5, 5.41) is 22.0. The standard InChI is InChI=1S/C20H15N5O4/c21-10-15-18(13-6-2-1-3-7-13)23-20(24-19(15)28)25-22-11-14-8-4-5-9-16(14)29-12-17(26)27/h1-9,11H,12H2,(H,26,27)(H2,23,24,25,28). The molecule has 3 rings (SSSR count). The summed E-state index contributed by atoms with van der Waals surface area (Å²) in [6.45, 7) is -0.483. The summed E-state index contributed by atoms with van der Waals surface area (Å²) in [7, 11) is 0. The molecule has 0 fully saturated rings. The number of hydrazone groups is 1. The summed E-state index contributed by atoms with van der Waals surface area (Å²) < 4.78 is 5.20. The smallest absolute Gasteiger partial charge is 0.341 e. The van der Waals surface area contributed by atoms with Crippen LogP contribution in [0.2, 0.25) is 0 Å². The van der Waals surface area contributed by atoms with E-state index < -0.39 is 18.1 Å². The van der Waals surface area contributed by atoms with Gasteiger partial charge in [0, 0.05) is 11.1 Å². The Morgan fingerprint density at radius 2 is 1.97 bits per heavy atom. The molecule has 0 aliphatic heterocycles. The molecule has 1 aromatic heterocycles. The van der Waals surface area contributed by atoms with E-state index in [1.165, 1.54) is 6.21 Å². The second-order valence-electron chi connectivity index (χ2n) is 5.71. The van der Waals surface area contributed by atoms with Crippen LogP contribution >= 0.6 is 0 Å². The number of hydrogen-bond acceptors (Lipinski definition) is 7. The zero-order valence-electron chi connectivity index (χ0n) is 15.0. The van der Waals surface area contributed by atoms with Crippen LogP contribution in [0.15, 0.2) is 64.5 Å². The lowest BCUT2D eigenvalue weighted by Crippen LogP contribution is -2.16. The van der Waals surface area contributed by atoms with Gasteiger partial charge in [0.15, 0.2) is 6.61 Å². The molecule has 0 atom stereocenters. The summed E-state index contributed by atoms with van der Waals surface area (Å²) in [5.74, 6) is -0.706. The second kappa shape index (κ2) is 8.96. The Balaban J connectivity index is 1.85. The van der Waals surface area contributed by atoms with Gasteiger partial charge in [0.25, 0.3) is 5.56 Å². The van der Waals surface area contributed by atoms with Crippen molar-refractivity contribution in [3.05, 3.63) is 76.1 Å². The summed E-state index contributed by atoms with van der Waals surface area (Å²) >= 11 is 0. The van der Waals surface area contributed by atoms with Gasteiger partial charge in [0.1, 0.15) is 17.4 Å². The zero-order chi connectivity index (χ0) is 20.6. The van der Waals surface area contributed by atoms with Gasteiger partial charge in [-0.25, -0.2) is 15.2 Å². The molecule has 9 heteroatoms. The van der Waals surface area contributed by atoms with Gasteiger partial charge in [0.2, 0.25) is 5.95 Å². The van der Waals surface area contributed by atoms with E-state index in [4.69, 9.17) is 9.84 Å². The maximum Gasteiger partial charge on any atom is 0.341 e. The molecule has 2 aromatic carbocycles.